The molecule has 0 spiro atoms. The van der Waals surface area contributed by atoms with Crippen LogP contribution in [0.2, 0.25) is 0 Å². The zero-order valence-electron chi connectivity index (χ0n) is 11.5. The topological polar surface area (TPSA) is 92.9 Å². The summed E-state index contributed by atoms with van der Waals surface area (Å²) in [7, 11) is 0. The number of aromatic nitrogens is 4. The van der Waals surface area contributed by atoms with Crippen molar-refractivity contribution < 1.29 is 9.90 Å². The molecule has 7 heteroatoms. The Kier molecular flexibility index (Phi) is 3.92. The van der Waals surface area contributed by atoms with Crippen LogP contribution in [0, 0.1) is 5.92 Å². The molecule has 0 aromatic carbocycles. The lowest BCUT2D eigenvalue weighted by Gasteiger charge is -2.15. The molecule has 0 aliphatic heterocycles. The van der Waals surface area contributed by atoms with Crippen LogP contribution in [0.25, 0.3) is 0 Å². The number of nitrogens with zero attached hydrogens (tertiary/aromatic N) is 4. The molecule has 21 heavy (non-hydrogen) atoms. The highest BCUT2D eigenvalue weighted by atomic mass is 16.3. The van der Waals surface area contributed by atoms with Crippen LogP contribution in [0.1, 0.15) is 23.5 Å². The maximum Gasteiger partial charge on any atom is 0.289 e. The number of hydrogen-bond acceptors (Lipinski definition) is 5. The summed E-state index contributed by atoms with van der Waals surface area (Å²) in [6, 6.07) is 3.26. The van der Waals surface area contributed by atoms with Gasteiger partial charge in [-0.05, 0) is 30.9 Å². The van der Waals surface area contributed by atoms with Crippen LogP contribution in [0.4, 0.5) is 0 Å². The quantitative estimate of drug-likeness (QED) is 0.840. The Morgan fingerprint density at radius 1 is 1.29 bits per heavy atom. The lowest BCUT2D eigenvalue weighted by molar-refractivity contribution is 0.0862. The van der Waals surface area contributed by atoms with Crippen molar-refractivity contribution in [3.63, 3.8) is 0 Å². The van der Waals surface area contributed by atoms with Gasteiger partial charge in [-0.3, -0.25) is 9.48 Å². The highest BCUT2D eigenvalue weighted by Crippen LogP contribution is 2.27. The first-order chi connectivity index (χ1) is 10.2. The van der Waals surface area contributed by atoms with Gasteiger partial charge in [0.25, 0.3) is 5.91 Å². The summed E-state index contributed by atoms with van der Waals surface area (Å²) in [5.41, 5.74) is 0. The van der Waals surface area contributed by atoms with Crippen molar-refractivity contribution in [2.75, 3.05) is 0 Å². The molecule has 7 nitrogen and oxygen atoms in total. The van der Waals surface area contributed by atoms with E-state index >= 15 is 0 Å². The van der Waals surface area contributed by atoms with Crippen LogP contribution in [0.5, 0.6) is 0 Å². The molecule has 2 N–H and O–H groups in total. The van der Waals surface area contributed by atoms with Gasteiger partial charge in [0.1, 0.15) is 0 Å². The minimum atomic E-state index is -0.543. The number of aliphatic hydroxyl groups excluding tert-OH is 1. The van der Waals surface area contributed by atoms with Crippen molar-refractivity contribution in [3.8, 4) is 0 Å². The van der Waals surface area contributed by atoms with Gasteiger partial charge in [0.15, 0.2) is 0 Å². The number of rotatable bonds is 4. The van der Waals surface area contributed by atoms with Gasteiger partial charge in [-0.1, -0.05) is 0 Å². The number of aliphatic hydroxyl groups is 1. The molecule has 2 aromatic heterocycles. The van der Waals surface area contributed by atoms with Crippen molar-refractivity contribution >= 4 is 5.91 Å². The Balaban J connectivity index is 1.58. The van der Waals surface area contributed by atoms with Crippen molar-refractivity contribution in [2.45, 2.75) is 31.5 Å². The Bertz CT molecular complexity index is 587. The molecule has 3 rings (SSSR count). The molecule has 110 valence electrons. The second-order valence-electron chi connectivity index (χ2n) is 5.29. The fraction of sp³-hybridized carbons (Fsp3) is 0.429. The average molecular weight is 287 g/mol. The minimum Gasteiger partial charge on any atom is -0.391 e. The molecular weight excluding hydrogens is 270 g/mol. The third kappa shape index (κ3) is 3.25. The van der Waals surface area contributed by atoms with E-state index in [2.05, 4.69) is 20.4 Å². The van der Waals surface area contributed by atoms with E-state index in [0.29, 0.717) is 12.3 Å². The molecule has 0 saturated heterocycles. The van der Waals surface area contributed by atoms with Crippen LogP contribution >= 0.6 is 0 Å². The smallest absolute Gasteiger partial charge is 0.289 e. The lowest BCUT2D eigenvalue weighted by Crippen LogP contribution is -2.40. The number of carbonyl (C=O) groups is 1. The van der Waals surface area contributed by atoms with Crippen molar-refractivity contribution in [1.82, 2.24) is 25.1 Å². The zero-order chi connectivity index (χ0) is 14.7. The summed E-state index contributed by atoms with van der Waals surface area (Å²) in [6.07, 6.45) is 7.51. The van der Waals surface area contributed by atoms with E-state index in [-0.39, 0.29) is 17.8 Å². The van der Waals surface area contributed by atoms with Crippen LogP contribution in [-0.4, -0.2) is 42.9 Å². The second-order valence-corrected chi connectivity index (χ2v) is 5.29. The number of amides is 1. The minimum absolute atomic E-state index is 0.125. The predicted molar refractivity (Wildman–Crippen MR) is 74.2 cm³/mol. The number of hydrogen-bond donors (Lipinski definition) is 2. The summed E-state index contributed by atoms with van der Waals surface area (Å²) in [4.78, 5) is 19.8. The van der Waals surface area contributed by atoms with E-state index in [0.717, 1.165) is 13.0 Å². The molecule has 1 aliphatic carbocycles. The lowest BCUT2D eigenvalue weighted by atomic mass is 10.1. The number of nitrogens with one attached hydrogen (secondary N) is 1. The zero-order valence-corrected chi connectivity index (χ0v) is 11.5. The summed E-state index contributed by atoms with van der Waals surface area (Å²) >= 11 is 0. The Labute approximate surface area is 122 Å². The highest BCUT2D eigenvalue weighted by molar-refractivity contribution is 5.90. The van der Waals surface area contributed by atoms with Gasteiger partial charge in [0.05, 0.1) is 12.1 Å². The monoisotopic (exact) mass is 287 g/mol. The normalized spacial score (nSPS) is 24.9. The SMILES string of the molecule is O=C(N[C@@H]1CC(Cn2cccn2)C[C@H]1O)c1ncccn1. The maximum atomic E-state index is 12.0. The average Bonchev–Trinajstić information content (AvgIpc) is 3.11. The maximum absolute atomic E-state index is 12.0. The number of carbonyl (C=O) groups excluding carboxylic acids is 1. The van der Waals surface area contributed by atoms with Gasteiger partial charge in [-0.15, -0.1) is 0 Å². The largest absolute Gasteiger partial charge is 0.391 e. The van der Waals surface area contributed by atoms with E-state index in [1.165, 1.54) is 12.4 Å². The first-order valence-electron chi connectivity index (χ1n) is 6.96. The van der Waals surface area contributed by atoms with E-state index in [4.69, 9.17) is 0 Å². The first-order valence-corrected chi connectivity index (χ1v) is 6.96. The first kappa shape index (κ1) is 13.7. The fourth-order valence-electron chi connectivity index (χ4n) is 2.74. The van der Waals surface area contributed by atoms with Gasteiger partial charge in [-0.25, -0.2) is 9.97 Å². The molecule has 1 fully saturated rings. The van der Waals surface area contributed by atoms with E-state index in [1.54, 1.807) is 12.3 Å². The van der Waals surface area contributed by atoms with Crippen LogP contribution in [-0.2, 0) is 6.54 Å². The molecule has 1 unspecified atom stereocenters. The molecule has 0 radical (unpaired) electrons. The van der Waals surface area contributed by atoms with Crippen molar-refractivity contribution in [2.24, 2.45) is 5.92 Å². The van der Waals surface area contributed by atoms with Gasteiger partial charge in [-0.2, -0.15) is 5.10 Å². The van der Waals surface area contributed by atoms with Crippen molar-refractivity contribution in [1.29, 1.82) is 0 Å². The molecule has 1 saturated carbocycles. The second kappa shape index (κ2) is 6.01. The molecule has 3 atom stereocenters. The predicted octanol–water partition coefficient (Wildman–Crippen LogP) is 0.243. The van der Waals surface area contributed by atoms with Gasteiger partial charge in [0.2, 0.25) is 5.82 Å². The van der Waals surface area contributed by atoms with E-state index in [9.17, 15) is 9.90 Å². The molecule has 0 bridgehead atoms. The van der Waals surface area contributed by atoms with E-state index < -0.39 is 6.10 Å². The van der Waals surface area contributed by atoms with Crippen LogP contribution in [0.15, 0.2) is 36.9 Å². The van der Waals surface area contributed by atoms with Gasteiger partial charge in [0, 0.05) is 31.3 Å². The molecule has 2 aromatic rings. The van der Waals surface area contributed by atoms with Gasteiger partial charge < -0.3 is 10.4 Å². The Morgan fingerprint density at radius 3 is 2.81 bits per heavy atom. The molecule has 1 aliphatic rings. The fourth-order valence-corrected chi connectivity index (χ4v) is 2.74. The standard InChI is InChI=1S/C14H17N5O2/c20-12-8-10(9-19-6-2-5-17-19)7-11(12)18-14(21)13-15-3-1-4-16-13/h1-6,10-12,20H,7-9H2,(H,18,21)/t10?,11-,12-/m1/s1. The molecular formula is C14H17N5O2. The Hall–Kier alpha value is -2.28. The summed E-state index contributed by atoms with van der Waals surface area (Å²) in [6.45, 7) is 0.748. The Morgan fingerprint density at radius 2 is 2.10 bits per heavy atom. The van der Waals surface area contributed by atoms with Crippen LogP contribution in [0.3, 0.4) is 0 Å². The molecule has 2 heterocycles. The van der Waals surface area contributed by atoms with E-state index in [1.807, 2.05) is 16.9 Å². The highest BCUT2D eigenvalue weighted by Gasteiger charge is 2.34. The van der Waals surface area contributed by atoms with Crippen molar-refractivity contribution in [3.05, 3.63) is 42.7 Å². The summed E-state index contributed by atoms with van der Waals surface area (Å²) < 4.78 is 1.85. The third-order valence-electron chi connectivity index (χ3n) is 3.72. The summed E-state index contributed by atoms with van der Waals surface area (Å²) in [5, 5.41) is 17.1. The molecule has 1 amide bonds. The van der Waals surface area contributed by atoms with Crippen LogP contribution < -0.4 is 5.32 Å². The van der Waals surface area contributed by atoms with Gasteiger partial charge >= 0.3 is 0 Å². The third-order valence-corrected chi connectivity index (χ3v) is 3.72. The summed E-state index contributed by atoms with van der Waals surface area (Å²) in [5.74, 6) is 0.0708.